The molecule has 0 atom stereocenters. The van der Waals surface area contributed by atoms with Crippen molar-refractivity contribution in [1.82, 2.24) is 5.32 Å². The first-order chi connectivity index (χ1) is 11.7. The van der Waals surface area contributed by atoms with Crippen molar-refractivity contribution in [2.24, 2.45) is 0 Å². The summed E-state index contributed by atoms with van der Waals surface area (Å²) in [7, 11) is 3.22. The SMILES string of the molecule is COCCNCC(=O)Nc1ccc(Oc2ccccc2OC)cc1. The van der Waals surface area contributed by atoms with E-state index in [0.29, 0.717) is 36.1 Å². The van der Waals surface area contributed by atoms with E-state index in [0.717, 1.165) is 0 Å². The molecule has 0 aliphatic carbocycles. The Kier molecular flexibility index (Phi) is 7.07. The van der Waals surface area contributed by atoms with Gasteiger partial charge >= 0.3 is 0 Å². The van der Waals surface area contributed by atoms with E-state index < -0.39 is 0 Å². The molecule has 0 radical (unpaired) electrons. The number of rotatable bonds is 9. The van der Waals surface area contributed by atoms with E-state index in [1.54, 1.807) is 38.5 Å². The number of carbonyl (C=O) groups is 1. The summed E-state index contributed by atoms with van der Waals surface area (Å²) < 4.78 is 15.9. The summed E-state index contributed by atoms with van der Waals surface area (Å²) in [6.07, 6.45) is 0. The second-order valence-electron chi connectivity index (χ2n) is 5.00. The first-order valence-corrected chi connectivity index (χ1v) is 7.63. The Balaban J connectivity index is 1.87. The Morgan fingerprint density at radius 1 is 1.00 bits per heavy atom. The van der Waals surface area contributed by atoms with Crippen LogP contribution in [0.15, 0.2) is 48.5 Å². The maximum Gasteiger partial charge on any atom is 0.238 e. The van der Waals surface area contributed by atoms with Crippen molar-refractivity contribution in [2.45, 2.75) is 0 Å². The fraction of sp³-hybridized carbons (Fsp3) is 0.278. The van der Waals surface area contributed by atoms with Gasteiger partial charge in [-0.15, -0.1) is 0 Å². The fourth-order valence-electron chi connectivity index (χ4n) is 2.02. The summed E-state index contributed by atoms with van der Waals surface area (Å²) in [5, 5.41) is 5.80. The second-order valence-corrected chi connectivity index (χ2v) is 5.00. The van der Waals surface area contributed by atoms with Gasteiger partial charge in [-0.2, -0.15) is 0 Å². The smallest absolute Gasteiger partial charge is 0.238 e. The van der Waals surface area contributed by atoms with Crippen molar-refractivity contribution in [2.75, 3.05) is 39.2 Å². The first-order valence-electron chi connectivity index (χ1n) is 7.63. The number of anilines is 1. The van der Waals surface area contributed by atoms with E-state index in [2.05, 4.69) is 10.6 Å². The standard InChI is InChI=1S/C18H22N2O4/c1-22-12-11-19-13-18(21)20-14-7-9-15(10-8-14)24-17-6-4-3-5-16(17)23-2/h3-10,19H,11-13H2,1-2H3,(H,20,21). The Labute approximate surface area is 141 Å². The quantitative estimate of drug-likeness (QED) is 0.692. The van der Waals surface area contributed by atoms with Crippen LogP contribution in [-0.2, 0) is 9.53 Å². The molecule has 0 fully saturated rings. The van der Waals surface area contributed by atoms with Crippen LogP contribution in [0.2, 0.25) is 0 Å². The largest absolute Gasteiger partial charge is 0.493 e. The molecule has 2 N–H and O–H groups in total. The molecule has 1 amide bonds. The number of benzene rings is 2. The van der Waals surface area contributed by atoms with Crippen molar-refractivity contribution < 1.29 is 19.0 Å². The van der Waals surface area contributed by atoms with Crippen LogP contribution in [-0.4, -0.2) is 39.8 Å². The Morgan fingerprint density at radius 2 is 1.71 bits per heavy atom. The van der Waals surface area contributed by atoms with E-state index in [1.807, 2.05) is 24.3 Å². The molecule has 0 aromatic heterocycles. The Hall–Kier alpha value is -2.57. The predicted octanol–water partition coefficient (Wildman–Crippen LogP) is 2.66. The van der Waals surface area contributed by atoms with Gasteiger partial charge in [-0.25, -0.2) is 0 Å². The molecule has 128 valence electrons. The molecule has 0 bridgehead atoms. The van der Waals surface area contributed by atoms with Gasteiger partial charge in [-0.3, -0.25) is 4.79 Å². The van der Waals surface area contributed by atoms with Gasteiger partial charge in [0.1, 0.15) is 5.75 Å². The van der Waals surface area contributed by atoms with Crippen molar-refractivity contribution in [1.29, 1.82) is 0 Å². The van der Waals surface area contributed by atoms with Gasteiger partial charge in [-0.05, 0) is 36.4 Å². The highest BCUT2D eigenvalue weighted by atomic mass is 16.5. The Morgan fingerprint density at radius 3 is 2.38 bits per heavy atom. The van der Waals surface area contributed by atoms with Crippen molar-refractivity contribution in [3.63, 3.8) is 0 Å². The third kappa shape index (κ3) is 5.57. The predicted molar refractivity (Wildman–Crippen MR) is 92.9 cm³/mol. The van der Waals surface area contributed by atoms with E-state index >= 15 is 0 Å². The molecule has 0 heterocycles. The van der Waals surface area contributed by atoms with E-state index in [9.17, 15) is 4.79 Å². The molecule has 0 saturated heterocycles. The summed E-state index contributed by atoms with van der Waals surface area (Å²) in [5.41, 5.74) is 0.709. The van der Waals surface area contributed by atoms with E-state index in [1.165, 1.54) is 0 Å². The van der Waals surface area contributed by atoms with Crippen LogP contribution >= 0.6 is 0 Å². The lowest BCUT2D eigenvalue weighted by atomic mass is 10.3. The molecule has 0 aliphatic heterocycles. The molecule has 2 rings (SSSR count). The number of nitrogens with one attached hydrogen (secondary N) is 2. The normalized spacial score (nSPS) is 10.2. The fourth-order valence-corrected chi connectivity index (χ4v) is 2.02. The van der Waals surface area contributed by atoms with Crippen LogP contribution in [0.1, 0.15) is 0 Å². The van der Waals surface area contributed by atoms with Crippen LogP contribution in [0.4, 0.5) is 5.69 Å². The van der Waals surface area contributed by atoms with E-state index in [-0.39, 0.29) is 12.5 Å². The van der Waals surface area contributed by atoms with Gasteiger partial charge in [-0.1, -0.05) is 12.1 Å². The van der Waals surface area contributed by atoms with Crippen LogP contribution in [0.5, 0.6) is 17.2 Å². The lowest BCUT2D eigenvalue weighted by Gasteiger charge is -2.11. The highest BCUT2D eigenvalue weighted by Gasteiger charge is 2.05. The van der Waals surface area contributed by atoms with Crippen molar-refractivity contribution >= 4 is 11.6 Å². The van der Waals surface area contributed by atoms with E-state index in [4.69, 9.17) is 14.2 Å². The molecule has 0 saturated carbocycles. The molecule has 2 aromatic rings. The zero-order valence-corrected chi connectivity index (χ0v) is 13.9. The van der Waals surface area contributed by atoms with Crippen molar-refractivity contribution in [3.8, 4) is 17.2 Å². The summed E-state index contributed by atoms with van der Waals surface area (Å²) in [6.45, 7) is 1.45. The maximum atomic E-state index is 11.8. The molecule has 6 nitrogen and oxygen atoms in total. The van der Waals surface area contributed by atoms with Gasteiger partial charge in [0.25, 0.3) is 0 Å². The molecule has 6 heteroatoms. The number of ether oxygens (including phenoxy) is 3. The third-order valence-electron chi connectivity index (χ3n) is 3.20. The Bertz CT molecular complexity index is 644. The number of hydrogen-bond donors (Lipinski definition) is 2. The van der Waals surface area contributed by atoms with Gasteiger partial charge in [0, 0.05) is 19.3 Å². The molecule has 24 heavy (non-hydrogen) atoms. The molecular formula is C18H22N2O4. The lowest BCUT2D eigenvalue weighted by Crippen LogP contribution is -2.30. The van der Waals surface area contributed by atoms with Crippen molar-refractivity contribution in [3.05, 3.63) is 48.5 Å². The highest BCUT2D eigenvalue weighted by molar-refractivity contribution is 5.92. The third-order valence-corrected chi connectivity index (χ3v) is 3.20. The van der Waals surface area contributed by atoms with Gasteiger partial charge in [0.05, 0.1) is 20.3 Å². The number of amides is 1. The molecule has 0 spiro atoms. The first kappa shape index (κ1) is 17.8. The summed E-state index contributed by atoms with van der Waals surface area (Å²) in [5.74, 6) is 1.86. The number of hydrogen-bond acceptors (Lipinski definition) is 5. The number of para-hydroxylation sites is 2. The summed E-state index contributed by atoms with van der Waals surface area (Å²) in [4.78, 5) is 11.8. The minimum atomic E-state index is -0.107. The summed E-state index contributed by atoms with van der Waals surface area (Å²) >= 11 is 0. The van der Waals surface area contributed by atoms with Crippen LogP contribution in [0, 0.1) is 0 Å². The number of carbonyl (C=O) groups excluding carboxylic acids is 1. The molecule has 0 unspecified atom stereocenters. The summed E-state index contributed by atoms with van der Waals surface area (Å²) in [6, 6.07) is 14.6. The second kappa shape index (κ2) is 9.54. The minimum absolute atomic E-state index is 0.107. The monoisotopic (exact) mass is 330 g/mol. The molecule has 0 aliphatic rings. The van der Waals surface area contributed by atoms with Crippen LogP contribution in [0.25, 0.3) is 0 Å². The molecule has 2 aromatic carbocycles. The highest BCUT2D eigenvalue weighted by Crippen LogP contribution is 2.31. The topological polar surface area (TPSA) is 68.8 Å². The van der Waals surface area contributed by atoms with Gasteiger partial charge in [0.2, 0.25) is 5.91 Å². The zero-order chi connectivity index (χ0) is 17.2. The van der Waals surface area contributed by atoms with Gasteiger partial charge < -0.3 is 24.8 Å². The average molecular weight is 330 g/mol. The molecular weight excluding hydrogens is 308 g/mol. The average Bonchev–Trinajstić information content (AvgIpc) is 2.61. The maximum absolute atomic E-state index is 11.8. The number of methoxy groups -OCH3 is 2. The van der Waals surface area contributed by atoms with Crippen LogP contribution in [0.3, 0.4) is 0 Å². The van der Waals surface area contributed by atoms with Gasteiger partial charge in [0.15, 0.2) is 11.5 Å². The van der Waals surface area contributed by atoms with Crippen LogP contribution < -0.4 is 20.1 Å². The zero-order valence-electron chi connectivity index (χ0n) is 13.9. The minimum Gasteiger partial charge on any atom is -0.493 e. The lowest BCUT2D eigenvalue weighted by molar-refractivity contribution is -0.115.